The topological polar surface area (TPSA) is 116 Å². The van der Waals surface area contributed by atoms with Gasteiger partial charge in [-0.3, -0.25) is 4.79 Å². The molecule has 174 valence electrons. The molecule has 0 unspecified atom stereocenters. The van der Waals surface area contributed by atoms with Gasteiger partial charge in [-0.1, -0.05) is 42.5 Å². The lowest BCUT2D eigenvalue weighted by atomic mass is 10.1. The number of hydrogen-bond donors (Lipinski definition) is 2. The molecule has 4 rings (SSSR count). The number of rotatable bonds is 8. The third kappa shape index (κ3) is 5.16. The van der Waals surface area contributed by atoms with Crippen LogP contribution in [0.5, 0.6) is 5.75 Å². The predicted molar refractivity (Wildman–Crippen MR) is 129 cm³/mol. The van der Waals surface area contributed by atoms with Crippen molar-refractivity contribution in [2.75, 3.05) is 13.7 Å². The summed E-state index contributed by atoms with van der Waals surface area (Å²) in [6.07, 6.45) is 2.22. The number of ether oxygens (including phenoxy) is 1. The molecule has 0 radical (unpaired) electrons. The standard InChI is InChI=1S/C25H24N4O4S/c1-33-23-10-6-5-9-21(23)24-22(17-29(28-24)19-7-3-2-4-8-19)25(30)27-16-15-18-11-13-20(14-12-18)34(26,31)32/h2-14,17H,15-16H2,1H3,(H,27,30)(H2,26,31,32). The van der Waals surface area contributed by atoms with Crippen molar-refractivity contribution in [3.8, 4) is 22.7 Å². The lowest BCUT2D eigenvalue weighted by Crippen LogP contribution is -2.26. The maximum atomic E-state index is 13.2. The minimum atomic E-state index is -3.74. The Morgan fingerprint density at radius 3 is 2.35 bits per heavy atom. The van der Waals surface area contributed by atoms with Crippen molar-refractivity contribution >= 4 is 15.9 Å². The fourth-order valence-electron chi connectivity index (χ4n) is 3.55. The molecule has 0 aliphatic carbocycles. The fourth-order valence-corrected chi connectivity index (χ4v) is 4.07. The Morgan fingerprint density at radius 1 is 1.00 bits per heavy atom. The largest absolute Gasteiger partial charge is 0.496 e. The van der Waals surface area contributed by atoms with Gasteiger partial charge in [-0.2, -0.15) is 5.10 Å². The van der Waals surface area contributed by atoms with Crippen LogP contribution >= 0.6 is 0 Å². The lowest BCUT2D eigenvalue weighted by molar-refractivity contribution is 0.0954. The van der Waals surface area contributed by atoms with E-state index in [1.54, 1.807) is 30.1 Å². The van der Waals surface area contributed by atoms with Crippen molar-refractivity contribution in [1.82, 2.24) is 15.1 Å². The molecule has 1 aromatic heterocycles. The van der Waals surface area contributed by atoms with Crippen molar-refractivity contribution in [2.24, 2.45) is 5.14 Å². The van der Waals surface area contributed by atoms with E-state index in [-0.39, 0.29) is 10.8 Å². The fraction of sp³-hybridized carbons (Fsp3) is 0.120. The maximum absolute atomic E-state index is 13.2. The average Bonchev–Trinajstić information content (AvgIpc) is 3.30. The highest BCUT2D eigenvalue weighted by Gasteiger charge is 2.21. The number of para-hydroxylation sites is 2. The van der Waals surface area contributed by atoms with Crippen LogP contribution in [-0.4, -0.2) is 37.8 Å². The molecule has 0 aliphatic heterocycles. The van der Waals surface area contributed by atoms with Crippen LogP contribution in [0.1, 0.15) is 15.9 Å². The minimum Gasteiger partial charge on any atom is -0.496 e. The molecule has 4 aromatic rings. The van der Waals surface area contributed by atoms with Gasteiger partial charge in [-0.15, -0.1) is 0 Å². The summed E-state index contributed by atoms with van der Waals surface area (Å²) < 4.78 is 30.0. The van der Waals surface area contributed by atoms with Gasteiger partial charge in [0.15, 0.2) is 0 Å². The zero-order valence-corrected chi connectivity index (χ0v) is 19.3. The Morgan fingerprint density at radius 2 is 1.68 bits per heavy atom. The van der Waals surface area contributed by atoms with Crippen LogP contribution in [0.25, 0.3) is 16.9 Å². The molecular weight excluding hydrogens is 452 g/mol. The average molecular weight is 477 g/mol. The molecule has 1 heterocycles. The van der Waals surface area contributed by atoms with Crippen molar-refractivity contribution in [3.63, 3.8) is 0 Å². The first-order chi connectivity index (χ1) is 16.4. The van der Waals surface area contributed by atoms with E-state index in [2.05, 4.69) is 10.4 Å². The van der Waals surface area contributed by atoms with Gasteiger partial charge in [0.1, 0.15) is 11.4 Å². The molecule has 3 N–H and O–H groups in total. The van der Waals surface area contributed by atoms with Crippen molar-refractivity contribution in [1.29, 1.82) is 0 Å². The quantitative estimate of drug-likeness (QED) is 0.405. The Balaban J connectivity index is 1.57. The van der Waals surface area contributed by atoms with Gasteiger partial charge in [0, 0.05) is 18.3 Å². The third-order valence-corrected chi connectivity index (χ3v) is 6.22. The van der Waals surface area contributed by atoms with E-state index in [0.29, 0.717) is 35.5 Å². The normalized spacial score (nSPS) is 11.2. The van der Waals surface area contributed by atoms with E-state index in [1.165, 1.54) is 12.1 Å². The zero-order chi connectivity index (χ0) is 24.1. The van der Waals surface area contributed by atoms with Gasteiger partial charge < -0.3 is 10.1 Å². The third-order valence-electron chi connectivity index (χ3n) is 5.29. The Kier molecular flexibility index (Phi) is 6.76. The monoisotopic (exact) mass is 476 g/mol. The van der Waals surface area contributed by atoms with Crippen LogP contribution < -0.4 is 15.2 Å². The van der Waals surface area contributed by atoms with Gasteiger partial charge >= 0.3 is 0 Å². The number of aromatic nitrogens is 2. The second kappa shape index (κ2) is 9.90. The first-order valence-corrected chi connectivity index (χ1v) is 12.1. The summed E-state index contributed by atoms with van der Waals surface area (Å²) in [5.74, 6) is 0.342. The summed E-state index contributed by atoms with van der Waals surface area (Å²) in [5.41, 5.74) is 3.34. The van der Waals surface area contributed by atoms with Crippen LogP contribution in [-0.2, 0) is 16.4 Å². The van der Waals surface area contributed by atoms with Crippen molar-refractivity contribution in [3.05, 3.63) is 96.2 Å². The molecule has 0 spiro atoms. The first kappa shape index (κ1) is 23.2. The number of sulfonamides is 1. The highest BCUT2D eigenvalue weighted by molar-refractivity contribution is 7.89. The minimum absolute atomic E-state index is 0.0510. The van der Waals surface area contributed by atoms with Gasteiger partial charge in [-0.25, -0.2) is 18.2 Å². The smallest absolute Gasteiger partial charge is 0.255 e. The van der Waals surface area contributed by atoms with Gasteiger partial charge in [-0.05, 0) is 48.4 Å². The highest BCUT2D eigenvalue weighted by Crippen LogP contribution is 2.31. The second-order valence-corrected chi connectivity index (χ2v) is 9.13. The molecule has 0 saturated carbocycles. The SMILES string of the molecule is COc1ccccc1-c1nn(-c2ccccc2)cc1C(=O)NCCc1ccc(S(N)(=O)=O)cc1. The van der Waals surface area contributed by atoms with Crippen LogP contribution in [0.2, 0.25) is 0 Å². The molecule has 0 atom stereocenters. The lowest BCUT2D eigenvalue weighted by Gasteiger charge is -2.09. The summed E-state index contributed by atoms with van der Waals surface area (Å²) in [4.78, 5) is 13.2. The highest BCUT2D eigenvalue weighted by atomic mass is 32.2. The van der Waals surface area contributed by atoms with E-state index >= 15 is 0 Å². The van der Waals surface area contributed by atoms with E-state index in [9.17, 15) is 13.2 Å². The van der Waals surface area contributed by atoms with Gasteiger partial charge in [0.2, 0.25) is 10.0 Å². The van der Waals surface area contributed by atoms with E-state index in [0.717, 1.165) is 11.3 Å². The number of carbonyl (C=O) groups excluding carboxylic acids is 1. The number of carbonyl (C=O) groups is 1. The summed E-state index contributed by atoms with van der Waals surface area (Å²) in [6, 6.07) is 23.2. The zero-order valence-electron chi connectivity index (χ0n) is 18.5. The molecule has 1 amide bonds. The summed E-state index contributed by atoms with van der Waals surface area (Å²) >= 11 is 0. The van der Waals surface area contributed by atoms with Crippen molar-refractivity contribution < 1.29 is 17.9 Å². The predicted octanol–water partition coefficient (Wildman–Crippen LogP) is 3.17. The summed E-state index contributed by atoms with van der Waals surface area (Å²) in [5, 5.41) is 12.8. The van der Waals surface area contributed by atoms with E-state index < -0.39 is 10.0 Å². The Hall–Kier alpha value is -3.95. The Labute approximate surface area is 198 Å². The van der Waals surface area contributed by atoms with Crippen LogP contribution in [0.15, 0.2) is 90.0 Å². The van der Waals surface area contributed by atoms with E-state index in [4.69, 9.17) is 9.88 Å². The number of methoxy groups -OCH3 is 1. The number of benzene rings is 3. The van der Waals surface area contributed by atoms with Crippen LogP contribution in [0.4, 0.5) is 0 Å². The van der Waals surface area contributed by atoms with Crippen molar-refractivity contribution in [2.45, 2.75) is 11.3 Å². The summed E-state index contributed by atoms with van der Waals surface area (Å²) in [7, 11) is -2.16. The molecule has 0 aliphatic rings. The molecule has 34 heavy (non-hydrogen) atoms. The molecule has 9 heteroatoms. The number of nitrogens with two attached hydrogens (primary N) is 1. The van der Waals surface area contributed by atoms with E-state index in [1.807, 2.05) is 54.6 Å². The molecule has 0 bridgehead atoms. The number of nitrogens with zero attached hydrogens (tertiary/aromatic N) is 2. The summed E-state index contributed by atoms with van der Waals surface area (Å²) in [6.45, 7) is 0.357. The molecule has 3 aromatic carbocycles. The molecular formula is C25H24N4O4S. The van der Waals surface area contributed by atoms with Gasteiger partial charge in [0.25, 0.3) is 5.91 Å². The first-order valence-electron chi connectivity index (χ1n) is 10.6. The van der Waals surface area contributed by atoms with Gasteiger partial charge in [0.05, 0.1) is 23.3 Å². The Bertz CT molecular complexity index is 1400. The molecule has 0 fully saturated rings. The number of hydrogen-bond acceptors (Lipinski definition) is 5. The van der Waals surface area contributed by atoms with Crippen LogP contribution in [0.3, 0.4) is 0 Å². The maximum Gasteiger partial charge on any atom is 0.255 e. The molecule has 8 nitrogen and oxygen atoms in total. The second-order valence-electron chi connectivity index (χ2n) is 7.57. The number of nitrogens with one attached hydrogen (secondary N) is 1. The number of amides is 1. The number of primary sulfonamides is 1. The molecule has 0 saturated heterocycles. The van der Waals surface area contributed by atoms with Crippen LogP contribution in [0, 0.1) is 0 Å².